The Labute approximate surface area is 226 Å². The smallest absolute Gasteiger partial charge is 0.258 e. The number of halogens is 1. The van der Waals surface area contributed by atoms with E-state index in [0.29, 0.717) is 59.6 Å². The van der Waals surface area contributed by atoms with Crippen LogP contribution in [0, 0.1) is 0 Å². The van der Waals surface area contributed by atoms with Crippen molar-refractivity contribution < 1.29 is 19.1 Å². The molecule has 5 rings (SSSR count). The third-order valence-electron chi connectivity index (χ3n) is 7.10. The Morgan fingerprint density at radius 1 is 1.29 bits per heavy atom. The van der Waals surface area contributed by atoms with Gasteiger partial charge in [-0.2, -0.15) is 0 Å². The number of nitrogens with zero attached hydrogens (tertiary/aromatic N) is 4. The van der Waals surface area contributed by atoms with Gasteiger partial charge in [0, 0.05) is 37.0 Å². The lowest BCUT2D eigenvalue weighted by molar-refractivity contribution is -0.126. The molecule has 0 bridgehead atoms. The van der Waals surface area contributed by atoms with Crippen molar-refractivity contribution in [3.63, 3.8) is 0 Å². The van der Waals surface area contributed by atoms with Crippen molar-refractivity contribution in [1.82, 2.24) is 19.4 Å². The highest BCUT2D eigenvalue weighted by molar-refractivity contribution is 6.36. The highest BCUT2D eigenvalue weighted by Gasteiger charge is 2.29. The van der Waals surface area contributed by atoms with Crippen molar-refractivity contribution >= 4 is 40.4 Å². The van der Waals surface area contributed by atoms with Crippen LogP contribution in [0.5, 0.6) is 5.75 Å². The number of benzene rings is 1. The van der Waals surface area contributed by atoms with Crippen LogP contribution < -0.4 is 10.1 Å². The molecular weight excluding hydrogens is 506 g/mol. The van der Waals surface area contributed by atoms with Crippen LogP contribution >= 0.6 is 11.6 Å². The minimum atomic E-state index is -0.290. The van der Waals surface area contributed by atoms with Crippen molar-refractivity contribution in [2.24, 2.45) is 0 Å². The molecule has 2 aliphatic rings. The molecule has 0 saturated carbocycles. The summed E-state index contributed by atoms with van der Waals surface area (Å²) in [5.74, 6) is 0.512. The number of hydrogen-bond acceptors (Lipinski definition) is 6. The predicted molar refractivity (Wildman–Crippen MR) is 146 cm³/mol. The molecule has 9 nitrogen and oxygen atoms in total. The van der Waals surface area contributed by atoms with Crippen LogP contribution in [0.4, 0.5) is 5.95 Å². The van der Waals surface area contributed by atoms with Crippen molar-refractivity contribution in [1.29, 1.82) is 0 Å². The Balaban J connectivity index is 1.57. The van der Waals surface area contributed by atoms with Crippen LogP contribution in [0.15, 0.2) is 43.1 Å². The summed E-state index contributed by atoms with van der Waals surface area (Å²) < 4.78 is 13.6. The molecule has 4 heterocycles. The topological polar surface area (TPSA) is 98.6 Å². The van der Waals surface area contributed by atoms with Gasteiger partial charge in [0.1, 0.15) is 16.9 Å². The molecule has 0 unspecified atom stereocenters. The molecule has 200 valence electrons. The molecule has 2 saturated heterocycles. The van der Waals surface area contributed by atoms with Crippen molar-refractivity contribution in [2.45, 2.75) is 51.2 Å². The average molecular weight is 538 g/mol. The Bertz CT molecular complexity index is 1350. The van der Waals surface area contributed by atoms with Gasteiger partial charge < -0.3 is 18.9 Å². The van der Waals surface area contributed by atoms with Crippen LogP contribution in [0.25, 0.3) is 11.0 Å². The number of rotatable bonds is 7. The van der Waals surface area contributed by atoms with Crippen molar-refractivity contribution in [3.05, 3.63) is 59.4 Å². The first-order valence-electron chi connectivity index (χ1n) is 13.1. The molecule has 2 atom stereocenters. The molecule has 2 aliphatic heterocycles. The number of nitrogens with one attached hydrogen (secondary N) is 1. The Morgan fingerprint density at radius 2 is 2.16 bits per heavy atom. The van der Waals surface area contributed by atoms with Crippen LogP contribution in [-0.4, -0.2) is 63.7 Å². The van der Waals surface area contributed by atoms with E-state index < -0.39 is 0 Å². The number of hydrogen-bond donors (Lipinski definition) is 1. The first kappa shape index (κ1) is 26.2. The quantitative estimate of drug-likeness (QED) is 0.434. The summed E-state index contributed by atoms with van der Waals surface area (Å²) in [4.78, 5) is 36.8. The fraction of sp³-hybridized carbons (Fsp3) is 0.429. The number of anilines is 1. The molecule has 0 spiro atoms. The summed E-state index contributed by atoms with van der Waals surface area (Å²) >= 11 is 6.97. The van der Waals surface area contributed by atoms with Gasteiger partial charge >= 0.3 is 0 Å². The van der Waals surface area contributed by atoms with E-state index in [4.69, 9.17) is 26.1 Å². The van der Waals surface area contributed by atoms with Gasteiger partial charge in [-0.1, -0.05) is 25.1 Å². The predicted octanol–water partition coefficient (Wildman–Crippen LogP) is 4.81. The maximum Gasteiger partial charge on any atom is 0.258 e. The number of ether oxygens (including phenoxy) is 2. The Kier molecular flexibility index (Phi) is 7.95. The van der Waals surface area contributed by atoms with Crippen LogP contribution in [0.3, 0.4) is 0 Å². The normalized spacial score (nSPS) is 19.8. The summed E-state index contributed by atoms with van der Waals surface area (Å²) in [7, 11) is 0. The van der Waals surface area contributed by atoms with E-state index in [9.17, 15) is 9.59 Å². The molecule has 3 aromatic rings. The van der Waals surface area contributed by atoms with Gasteiger partial charge in [-0.3, -0.25) is 19.9 Å². The van der Waals surface area contributed by atoms with E-state index >= 15 is 0 Å². The second kappa shape index (κ2) is 11.5. The van der Waals surface area contributed by atoms with Crippen molar-refractivity contribution in [2.75, 3.05) is 31.6 Å². The molecule has 2 amide bonds. The first-order valence-corrected chi connectivity index (χ1v) is 13.5. The molecule has 0 aliphatic carbocycles. The minimum Gasteiger partial charge on any atom is -0.486 e. The number of amides is 2. The second-order valence-electron chi connectivity index (χ2n) is 9.64. The van der Waals surface area contributed by atoms with Crippen molar-refractivity contribution in [3.8, 4) is 5.75 Å². The molecule has 10 heteroatoms. The zero-order valence-electron chi connectivity index (χ0n) is 21.5. The highest BCUT2D eigenvalue weighted by atomic mass is 35.5. The lowest BCUT2D eigenvalue weighted by atomic mass is 10.1. The summed E-state index contributed by atoms with van der Waals surface area (Å²) in [5, 5.41) is 3.43. The standard InChI is InChI=1S/C28H32ClN5O4/c1-3-19-15-18(10-12-30-19)27(36)32-28-31-22-8-9-23(38-21-11-14-37-17-21)25(29)26(22)34(28)20-7-5-6-13-33(16-20)24(35)4-2/h4,8-10,12,15,20-21H,2-3,5-7,11,13-14,16-17H2,1H3,(H,31,32,36)/t20-,21-/m1/s1. The highest BCUT2D eigenvalue weighted by Crippen LogP contribution is 2.39. The number of aryl methyl sites for hydroxylation is 1. The summed E-state index contributed by atoms with van der Waals surface area (Å²) in [6.45, 7) is 7.92. The van der Waals surface area contributed by atoms with Crippen LogP contribution in [0.1, 0.15) is 54.7 Å². The fourth-order valence-corrected chi connectivity index (χ4v) is 5.39. The zero-order valence-corrected chi connectivity index (χ0v) is 22.2. The van der Waals surface area contributed by atoms with Gasteiger partial charge in [0.05, 0.1) is 30.3 Å². The van der Waals surface area contributed by atoms with Gasteiger partial charge in [0.25, 0.3) is 5.91 Å². The number of aromatic nitrogens is 3. The average Bonchev–Trinajstić information content (AvgIpc) is 3.51. The molecule has 38 heavy (non-hydrogen) atoms. The second-order valence-corrected chi connectivity index (χ2v) is 10.0. The lowest BCUT2D eigenvalue weighted by Crippen LogP contribution is -2.34. The Hall–Kier alpha value is -3.43. The zero-order chi connectivity index (χ0) is 26.6. The minimum absolute atomic E-state index is 0.0708. The number of imidazole rings is 1. The molecule has 1 N–H and O–H groups in total. The van der Waals surface area contributed by atoms with E-state index in [-0.39, 0.29) is 24.0 Å². The van der Waals surface area contributed by atoms with Gasteiger partial charge in [0.2, 0.25) is 11.9 Å². The molecule has 2 aromatic heterocycles. The van der Waals surface area contributed by atoms with E-state index in [1.165, 1.54) is 6.08 Å². The maximum atomic E-state index is 13.3. The van der Waals surface area contributed by atoms with E-state index in [1.54, 1.807) is 23.2 Å². The maximum absolute atomic E-state index is 13.3. The fourth-order valence-electron chi connectivity index (χ4n) is 5.10. The largest absolute Gasteiger partial charge is 0.486 e. The SMILES string of the molecule is C=CC(=O)N1CCCC[C@@H](n2c(NC(=O)c3ccnc(CC)c3)nc3ccc(O[C@@H]4CCOC4)c(Cl)c32)C1. The van der Waals surface area contributed by atoms with Gasteiger partial charge in [-0.25, -0.2) is 4.98 Å². The number of likely N-dealkylation sites (tertiary alicyclic amines) is 1. The van der Waals surface area contributed by atoms with Gasteiger partial charge in [-0.15, -0.1) is 0 Å². The molecule has 2 fully saturated rings. The number of pyridine rings is 1. The van der Waals surface area contributed by atoms with E-state index in [0.717, 1.165) is 37.8 Å². The third-order valence-corrected chi connectivity index (χ3v) is 7.47. The number of fused-ring (bicyclic) bond motifs is 1. The Morgan fingerprint density at radius 3 is 2.92 bits per heavy atom. The first-order chi connectivity index (χ1) is 18.5. The molecule has 1 aromatic carbocycles. The molecular formula is C28H32ClN5O4. The van der Waals surface area contributed by atoms with Crippen LogP contribution in [-0.2, 0) is 16.0 Å². The van der Waals surface area contributed by atoms with E-state index in [2.05, 4.69) is 16.9 Å². The van der Waals surface area contributed by atoms with E-state index in [1.807, 2.05) is 23.6 Å². The van der Waals surface area contributed by atoms with Crippen LogP contribution in [0.2, 0.25) is 5.02 Å². The number of carbonyl (C=O) groups excluding carboxylic acids is 2. The lowest BCUT2D eigenvalue weighted by Gasteiger charge is -2.26. The monoisotopic (exact) mass is 537 g/mol. The summed E-state index contributed by atoms with van der Waals surface area (Å²) in [6.07, 6.45) is 7.01. The summed E-state index contributed by atoms with van der Waals surface area (Å²) in [5.41, 5.74) is 2.63. The number of carbonyl (C=O) groups is 2. The summed E-state index contributed by atoms with van der Waals surface area (Å²) in [6, 6.07) is 6.96. The molecule has 0 radical (unpaired) electrons. The van der Waals surface area contributed by atoms with Gasteiger partial charge in [0.15, 0.2) is 0 Å². The van der Waals surface area contributed by atoms with Gasteiger partial charge in [-0.05, 0) is 56.0 Å². The third kappa shape index (κ3) is 5.39.